The standard InChI is InChI=1S/C24H24N2O5S2/c1-16-3-10-21(11-4-16)33(28,29)30-15-20(14-27)31-19-9-12-22-23(13-19)32-24(26-22)17-5-7-18(25-2)8-6-17/h3-13,20,25,27H,14-15H2,1-2H3. The fourth-order valence-corrected chi connectivity index (χ4v) is 5.07. The van der Waals surface area contributed by atoms with Crippen LogP contribution in [0.3, 0.4) is 0 Å². The van der Waals surface area contributed by atoms with Gasteiger partial charge < -0.3 is 15.2 Å². The van der Waals surface area contributed by atoms with Gasteiger partial charge in [0.25, 0.3) is 10.1 Å². The molecule has 1 aromatic heterocycles. The van der Waals surface area contributed by atoms with Crippen molar-refractivity contribution in [3.8, 4) is 16.3 Å². The molecular formula is C24H24N2O5S2. The van der Waals surface area contributed by atoms with Crippen LogP contribution in [-0.2, 0) is 14.3 Å². The molecule has 9 heteroatoms. The van der Waals surface area contributed by atoms with E-state index in [0.29, 0.717) is 5.75 Å². The number of fused-ring (bicyclic) bond motifs is 1. The van der Waals surface area contributed by atoms with E-state index in [-0.39, 0.29) is 11.5 Å². The number of thiazole rings is 1. The Bertz CT molecular complexity index is 1330. The van der Waals surface area contributed by atoms with Crippen LogP contribution in [0.15, 0.2) is 71.6 Å². The molecule has 4 rings (SSSR count). The Morgan fingerprint density at radius 3 is 2.45 bits per heavy atom. The molecule has 1 atom stereocenters. The van der Waals surface area contributed by atoms with Crippen LogP contribution in [0.25, 0.3) is 20.8 Å². The number of aryl methyl sites for hydroxylation is 1. The van der Waals surface area contributed by atoms with Gasteiger partial charge in [-0.15, -0.1) is 11.3 Å². The van der Waals surface area contributed by atoms with E-state index in [1.807, 2.05) is 50.4 Å². The number of aliphatic hydroxyl groups is 1. The summed E-state index contributed by atoms with van der Waals surface area (Å²) in [6.45, 7) is 1.17. The number of rotatable bonds is 9. The number of hydrogen-bond donors (Lipinski definition) is 2. The lowest BCUT2D eigenvalue weighted by Crippen LogP contribution is -2.28. The maximum absolute atomic E-state index is 12.4. The van der Waals surface area contributed by atoms with E-state index >= 15 is 0 Å². The lowest BCUT2D eigenvalue weighted by Gasteiger charge is -2.17. The minimum atomic E-state index is -3.95. The van der Waals surface area contributed by atoms with Crippen molar-refractivity contribution < 1.29 is 22.4 Å². The van der Waals surface area contributed by atoms with Gasteiger partial charge in [0.15, 0.2) is 0 Å². The molecule has 0 saturated heterocycles. The van der Waals surface area contributed by atoms with E-state index in [0.717, 1.165) is 32.0 Å². The van der Waals surface area contributed by atoms with E-state index in [1.54, 1.807) is 18.2 Å². The third-order valence-electron chi connectivity index (χ3n) is 5.01. The van der Waals surface area contributed by atoms with Gasteiger partial charge in [0.1, 0.15) is 23.5 Å². The third-order valence-corrected chi connectivity index (χ3v) is 7.37. The van der Waals surface area contributed by atoms with Crippen LogP contribution in [0.5, 0.6) is 5.75 Å². The first-order valence-corrected chi connectivity index (χ1v) is 12.5. The molecule has 0 aliphatic heterocycles. The van der Waals surface area contributed by atoms with Gasteiger partial charge in [0.2, 0.25) is 0 Å². The van der Waals surface area contributed by atoms with Crippen molar-refractivity contribution >= 4 is 37.4 Å². The van der Waals surface area contributed by atoms with Crippen LogP contribution in [0.2, 0.25) is 0 Å². The molecule has 3 aromatic carbocycles. The van der Waals surface area contributed by atoms with Crippen molar-refractivity contribution in [3.63, 3.8) is 0 Å². The third kappa shape index (κ3) is 5.51. The summed E-state index contributed by atoms with van der Waals surface area (Å²) in [5.74, 6) is 0.499. The van der Waals surface area contributed by atoms with E-state index in [9.17, 15) is 13.5 Å². The molecule has 7 nitrogen and oxygen atoms in total. The molecule has 0 aliphatic carbocycles. The molecule has 1 heterocycles. The van der Waals surface area contributed by atoms with E-state index < -0.39 is 22.8 Å². The van der Waals surface area contributed by atoms with Gasteiger partial charge in [-0.05, 0) is 61.5 Å². The van der Waals surface area contributed by atoms with E-state index in [2.05, 4.69) is 10.3 Å². The summed E-state index contributed by atoms with van der Waals surface area (Å²) in [6, 6.07) is 19.8. The quantitative estimate of drug-likeness (QED) is 0.339. The fourth-order valence-electron chi connectivity index (χ4n) is 3.14. The Kier molecular flexibility index (Phi) is 6.94. The highest BCUT2D eigenvalue weighted by Gasteiger charge is 2.19. The van der Waals surface area contributed by atoms with Gasteiger partial charge in [0, 0.05) is 18.3 Å². The van der Waals surface area contributed by atoms with Gasteiger partial charge in [-0.1, -0.05) is 17.7 Å². The molecule has 0 spiro atoms. The maximum Gasteiger partial charge on any atom is 0.297 e. The van der Waals surface area contributed by atoms with Gasteiger partial charge in [-0.2, -0.15) is 8.42 Å². The molecule has 2 N–H and O–H groups in total. The minimum Gasteiger partial charge on any atom is -0.486 e. The van der Waals surface area contributed by atoms with Crippen molar-refractivity contribution in [1.29, 1.82) is 0 Å². The summed E-state index contributed by atoms with van der Waals surface area (Å²) >= 11 is 1.53. The predicted octanol–water partition coefficient (Wildman–Crippen LogP) is 4.46. The zero-order valence-corrected chi connectivity index (χ0v) is 19.8. The van der Waals surface area contributed by atoms with Gasteiger partial charge >= 0.3 is 0 Å². The molecule has 0 radical (unpaired) electrons. The normalized spacial score (nSPS) is 12.6. The Balaban J connectivity index is 1.45. The molecular weight excluding hydrogens is 460 g/mol. The lowest BCUT2D eigenvalue weighted by atomic mass is 10.2. The monoisotopic (exact) mass is 484 g/mol. The topological polar surface area (TPSA) is 97.8 Å². The summed E-state index contributed by atoms with van der Waals surface area (Å²) in [5, 5.41) is 13.7. The molecule has 4 aromatic rings. The first-order chi connectivity index (χ1) is 15.9. The number of ether oxygens (including phenoxy) is 1. The van der Waals surface area contributed by atoms with Gasteiger partial charge in [0.05, 0.1) is 21.7 Å². The second kappa shape index (κ2) is 9.88. The number of benzene rings is 3. The molecule has 0 aliphatic rings. The van der Waals surface area contributed by atoms with Crippen LogP contribution >= 0.6 is 11.3 Å². The number of nitrogens with zero attached hydrogens (tertiary/aromatic N) is 1. The first-order valence-electron chi connectivity index (χ1n) is 10.3. The van der Waals surface area contributed by atoms with E-state index in [1.165, 1.54) is 23.5 Å². The summed E-state index contributed by atoms with van der Waals surface area (Å²) in [6.07, 6.45) is -0.843. The van der Waals surface area contributed by atoms with Crippen molar-refractivity contribution in [2.24, 2.45) is 0 Å². The minimum absolute atomic E-state index is 0.0612. The average molecular weight is 485 g/mol. The highest BCUT2D eigenvalue weighted by atomic mass is 32.2. The highest BCUT2D eigenvalue weighted by Crippen LogP contribution is 2.33. The lowest BCUT2D eigenvalue weighted by molar-refractivity contribution is 0.0742. The summed E-state index contributed by atoms with van der Waals surface area (Å²) in [4.78, 5) is 4.74. The molecule has 172 valence electrons. The van der Waals surface area contributed by atoms with Crippen LogP contribution in [0.1, 0.15) is 5.56 Å². The molecule has 0 saturated carbocycles. The number of hydrogen-bond acceptors (Lipinski definition) is 8. The fraction of sp³-hybridized carbons (Fsp3) is 0.208. The summed E-state index contributed by atoms with van der Waals surface area (Å²) in [7, 11) is -2.07. The van der Waals surface area contributed by atoms with Crippen LogP contribution in [-0.4, -0.2) is 44.9 Å². The smallest absolute Gasteiger partial charge is 0.297 e. The first kappa shape index (κ1) is 23.2. The van der Waals surface area contributed by atoms with Crippen molar-refractivity contribution in [2.75, 3.05) is 25.6 Å². The summed E-state index contributed by atoms with van der Waals surface area (Å²) < 4.78 is 36.6. The van der Waals surface area contributed by atoms with Crippen molar-refractivity contribution in [1.82, 2.24) is 4.98 Å². The van der Waals surface area contributed by atoms with Crippen LogP contribution < -0.4 is 10.1 Å². The highest BCUT2D eigenvalue weighted by molar-refractivity contribution is 7.86. The second-order valence-electron chi connectivity index (χ2n) is 7.45. The number of aliphatic hydroxyl groups excluding tert-OH is 1. The number of nitrogens with one attached hydrogen (secondary N) is 1. The Morgan fingerprint density at radius 1 is 1.06 bits per heavy atom. The number of anilines is 1. The van der Waals surface area contributed by atoms with Gasteiger partial charge in [-0.3, -0.25) is 4.18 Å². The largest absolute Gasteiger partial charge is 0.486 e. The van der Waals surface area contributed by atoms with Crippen molar-refractivity contribution in [2.45, 2.75) is 17.9 Å². The second-order valence-corrected chi connectivity index (χ2v) is 10.1. The Hall–Kier alpha value is -2.98. The maximum atomic E-state index is 12.4. The predicted molar refractivity (Wildman–Crippen MR) is 130 cm³/mol. The summed E-state index contributed by atoms with van der Waals surface area (Å²) in [5.41, 5.74) is 3.82. The molecule has 0 bridgehead atoms. The molecule has 0 fully saturated rings. The van der Waals surface area contributed by atoms with E-state index in [4.69, 9.17) is 8.92 Å². The Labute approximate surface area is 196 Å². The molecule has 1 unspecified atom stereocenters. The Morgan fingerprint density at radius 2 is 1.79 bits per heavy atom. The van der Waals surface area contributed by atoms with Gasteiger partial charge in [-0.25, -0.2) is 4.98 Å². The number of aromatic nitrogens is 1. The molecule has 33 heavy (non-hydrogen) atoms. The zero-order valence-electron chi connectivity index (χ0n) is 18.2. The SMILES string of the molecule is CNc1ccc(-c2nc3ccc(OC(CO)COS(=O)(=O)c4ccc(C)cc4)cc3s2)cc1. The average Bonchev–Trinajstić information content (AvgIpc) is 3.25. The van der Waals surface area contributed by atoms with Crippen LogP contribution in [0.4, 0.5) is 5.69 Å². The van der Waals surface area contributed by atoms with Crippen LogP contribution in [0, 0.1) is 6.92 Å². The zero-order chi connectivity index (χ0) is 23.4. The van der Waals surface area contributed by atoms with Crippen molar-refractivity contribution in [3.05, 3.63) is 72.3 Å². The molecule has 0 amide bonds.